The first-order valence-electron chi connectivity index (χ1n) is 11.9. The molecule has 1 saturated heterocycles. The van der Waals surface area contributed by atoms with Gasteiger partial charge in [-0.2, -0.15) is 0 Å². The maximum absolute atomic E-state index is 13.2. The lowest BCUT2D eigenvalue weighted by molar-refractivity contribution is -0.129. The number of nitrogens with one attached hydrogen (secondary N) is 1. The van der Waals surface area contributed by atoms with Crippen molar-refractivity contribution in [2.75, 3.05) is 19.7 Å². The van der Waals surface area contributed by atoms with E-state index in [1.165, 1.54) is 12.0 Å². The van der Waals surface area contributed by atoms with Gasteiger partial charge in [-0.25, -0.2) is 9.50 Å². The maximum Gasteiger partial charge on any atom is 0.277 e. The van der Waals surface area contributed by atoms with Gasteiger partial charge in [-0.05, 0) is 44.0 Å². The summed E-state index contributed by atoms with van der Waals surface area (Å²) in [6.45, 7) is 7.00. The average Bonchev–Trinajstić information content (AvgIpc) is 3.25. The molecule has 8 heteroatoms. The van der Waals surface area contributed by atoms with Gasteiger partial charge < -0.3 is 9.64 Å². The highest BCUT2D eigenvalue weighted by Gasteiger charge is 2.28. The highest BCUT2D eigenvalue weighted by molar-refractivity contribution is 5.73. The fourth-order valence-electron chi connectivity index (χ4n) is 5.06. The summed E-state index contributed by atoms with van der Waals surface area (Å²) in [6.07, 6.45) is 3.98. The van der Waals surface area contributed by atoms with E-state index in [0.717, 1.165) is 43.1 Å². The Balaban J connectivity index is 1.42. The number of benzene rings is 1. The topological polar surface area (TPSA) is 82.9 Å². The second kappa shape index (κ2) is 9.02. The first-order valence-corrected chi connectivity index (χ1v) is 11.9. The normalized spacial score (nSPS) is 19.0. The predicted octanol–water partition coefficient (Wildman–Crippen LogP) is 3.05. The molecule has 0 bridgehead atoms. The van der Waals surface area contributed by atoms with E-state index in [4.69, 9.17) is 9.72 Å². The van der Waals surface area contributed by atoms with E-state index in [2.05, 4.69) is 22.1 Å². The summed E-state index contributed by atoms with van der Waals surface area (Å²) in [4.78, 5) is 34.0. The van der Waals surface area contributed by atoms with Gasteiger partial charge in [0.2, 0.25) is 5.91 Å². The van der Waals surface area contributed by atoms with Gasteiger partial charge in [-0.15, -0.1) is 0 Å². The van der Waals surface area contributed by atoms with Crippen LogP contribution in [-0.4, -0.2) is 50.0 Å². The van der Waals surface area contributed by atoms with Crippen LogP contribution in [0, 0.1) is 0 Å². The Labute approximate surface area is 193 Å². The molecular weight excluding hydrogens is 418 g/mol. The average molecular weight is 450 g/mol. The molecule has 0 aliphatic carbocycles. The number of likely N-dealkylation sites (tertiary alicyclic amines) is 1. The van der Waals surface area contributed by atoms with E-state index >= 15 is 0 Å². The smallest absolute Gasteiger partial charge is 0.277 e. The number of hydrogen-bond acceptors (Lipinski definition) is 5. The van der Waals surface area contributed by atoms with Crippen LogP contribution in [0.25, 0.3) is 5.65 Å². The lowest BCUT2D eigenvalue weighted by atomic mass is 9.98. The van der Waals surface area contributed by atoms with E-state index in [1.807, 2.05) is 25.1 Å². The van der Waals surface area contributed by atoms with Crippen LogP contribution in [0.5, 0.6) is 5.75 Å². The van der Waals surface area contributed by atoms with Crippen LogP contribution in [0.15, 0.2) is 35.1 Å². The molecule has 1 fully saturated rings. The zero-order chi connectivity index (χ0) is 22.9. The molecule has 1 N–H and O–H groups in total. The van der Waals surface area contributed by atoms with Crippen molar-refractivity contribution >= 4 is 11.6 Å². The molecule has 0 spiro atoms. The van der Waals surface area contributed by atoms with Gasteiger partial charge >= 0.3 is 0 Å². The molecule has 2 aliphatic rings. The number of piperidine rings is 1. The lowest BCUT2D eigenvalue weighted by Gasteiger charge is -2.35. The zero-order valence-electron chi connectivity index (χ0n) is 19.3. The van der Waals surface area contributed by atoms with Gasteiger partial charge in [-0.1, -0.05) is 18.6 Å². The predicted molar refractivity (Wildman–Crippen MR) is 125 cm³/mol. The number of carbonyl (C=O) groups is 1. The van der Waals surface area contributed by atoms with Gasteiger partial charge in [0.25, 0.3) is 5.56 Å². The fourth-order valence-corrected chi connectivity index (χ4v) is 5.06. The van der Waals surface area contributed by atoms with Crippen molar-refractivity contribution in [1.29, 1.82) is 0 Å². The van der Waals surface area contributed by atoms with Gasteiger partial charge in [0.15, 0.2) is 5.65 Å². The summed E-state index contributed by atoms with van der Waals surface area (Å²) in [7, 11) is 0. The second-order valence-corrected chi connectivity index (χ2v) is 9.00. The summed E-state index contributed by atoms with van der Waals surface area (Å²) in [5, 5.41) is 3.35. The Bertz CT molecular complexity index is 1210. The lowest BCUT2D eigenvalue weighted by Crippen LogP contribution is -2.39. The maximum atomic E-state index is 13.2. The zero-order valence-corrected chi connectivity index (χ0v) is 19.3. The number of fused-ring (bicyclic) bond motifs is 2. The minimum Gasteiger partial charge on any atom is -0.494 e. The van der Waals surface area contributed by atoms with Gasteiger partial charge in [-0.3, -0.25) is 19.6 Å². The van der Waals surface area contributed by atoms with Crippen LogP contribution in [-0.2, 0) is 24.3 Å². The minimum atomic E-state index is -0.0962. The Morgan fingerprint density at radius 1 is 1.21 bits per heavy atom. The molecule has 4 heterocycles. The third-order valence-corrected chi connectivity index (χ3v) is 6.82. The Kier molecular flexibility index (Phi) is 5.93. The molecule has 1 amide bonds. The third-order valence-electron chi connectivity index (χ3n) is 6.82. The SMILES string of the molecule is CCOc1ccc(CN2CCCCC2c2cc3nc4c(c(=O)n3[nH]2)CN(C(C)=O)CC4)cc1. The van der Waals surface area contributed by atoms with E-state index < -0.39 is 0 Å². The molecule has 2 aromatic heterocycles. The monoisotopic (exact) mass is 449 g/mol. The first kappa shape index (κ1) is 21.7. The van der Waals surface area contributed by atoms with Crippen molar-refractivity contribution in [1.82, 2.24) is 24.4 Å². The molecule has 8 nitrogen and oxygen atoms in total. The quantitative estimate of drug-likeness (QED) is 0.647. The summed E-state index contributed by atoms with van der Waals surface area (Å²) in [6, 6.07) is 10.5. The number of hydrogen-bond donors (Lipinski definition) is 1. The van der Waals surface area contributed by atoms with Crippen molar-refractivity contribution in [2.24, 2.45) is 0 Å². The number of amides is 1. The molecular formula is C25H31N5O3. The van der Waals surface area contributed by atoms with E-state index in [-0.39, 0.29) is 17.5 Å². The number of carbonyl (C=O) groups excluding carboxylic acids is 1. The molecule has 3 aromatic rings. The summed E-state index contributed by atoms with van der Waals surface area (Å²) < 4.78 is 7.13. The van der Waals surface area contributed by atoms with Gasteiger partial charge in [0.05, 0.1) is 36.1 Å². The van der Waals surface area contributed by atoms with E-state index in [9.17, 15) is 9.59 Å². The molecule has 1 aromatic carbocycles. The molecule has 1 atom stereocenters. The summed E-state index contributed by atoms with van der Waals surface area (Å²) in [5.74, 6) is 0.884. The number of nitrogens with zero attached hydrogens (tertiary/aromatic N) is 4. The van der Waals surface area contributed by atoms with Crippen molar-refractivity contribution in [3.8, 4) is 5.75 Å². The van der Waals surface area contributed by atoms with E-state index in [1.54, 1.807) is 16.3 Å². The van der Waals surface area contributed by atoms with E-state index in [0.29, 0.717) is 37.3 Å². The van der Waals surface area contributed by atoms with Crippen LogP contribution in [0.3, 0.4) is 0 Å². The van der Waals surface area contributed by atoms with Crippen LogP contribution in [0.2, 0.25) is 0 Å². The molecule has 2 aliphatic heterocycles. The standard InChI is InChI=1S/C25H31N5O3/c1-3-33-19-9-7-18(8-10-19)15-29-12-5-4-6-23(29)22-14-24-26-21-11-13-28(17(2)31)16-20(21)25(32)30(24)27-22/h7-10,14,23,27H,3-6,11-13,15-16H2,1-2H3. The summed E-state index contributed by atoms with van der Waals surface area (Å²) in [5.41, 5.74) is 4.28. The van der Waals surface area contributed by atoms with Crippen LogP contribution in [0.1, 0.15) is 61.7 Å². The Morgan fingerprint density at radius 2 is 2.03 bits per heavy atom. The van der Waals surface area contributed by atoms with Gasteiger partial charge in [0, 0.05) is 32.5 Å². The number of rotatable bonds is 5. The number of H-pyrrole nitrogens is 1. The fraction of sp³-hybridized carbons (Fsp3) is 0.480. The molecule has 1 unspecified atom stereocenters. The third kappa shape index (κ3) is 4.27. The van der Waals surface area contributed by atoms with Crippen LogP contribution >= 0.6 is 0 Å². The summed E-state index contributed by atoms with van der Waals surface area (Å²) >= 11 is 0. The van der Waals surface area contributed by atoms with Gasteiger partial charge in [0.1, 0.15) is 5.75 Å². The highest BCUT2D eigenvalue weighted by atomic mass is 16.5. The number of ether oxygens (including phenoxy) is 1. The number of aromatic nitrogens is 3. The Morgan fingerprint density at radius 3 is 2.79 bits per heavy atom. The minimum absolute atomic E-state index is 0.00976. The van der Waals surface area contributed by atoms with Crippen molar-refractivity contribution in [2.45, 2.75) is 58.7 Å². The number of aromatic amines is 1. The molecule has 0 saturated carbocycles. The van der Waals surface area contributed by atoms with Crippen molar-refractivity contribution in [3.05, 3.63) is 63.2 Å². The highest BCUT2D eigenvalue weighted by Crippen LogP contribution is 2.32. The van der Waals surface area contributed by atoms with Crippen LogP contribution in [0.4, 0.5) is 0 Å². The Hall–Kier alpha value is -3.13. The molecule has 0 radical (unpaired) electrons. The molecule has 5 rings (SSSR count). The van der Waals surface area contributed by atoms with Crippen LogP contribution < -0.4 is 10.3 Å². The van der Waals surface area contributed by atoms with Crippen molar-refractivity contribution < 1.29 is 9.53 Å². The van der Waals surface area contributed by atoms with Crippen molar-refractivity contribution in [3.63, 3.8) is 0 Å². The first-order chi connectivity index (χ1) is 16.0. The second-order valence-electron chi connectivity index (χ2n) is 9.00. The largest absolute Gasteiger partial charge is 0.494 e. The molecule has 174 valence electrons. The molecule has 33 heavy (non-hydrogen) atoms.